The summed E-state index contributed by atoms with van der Waals surface area (Å²) in [6.45, 7) is 8.51. The van der Waals surface area contributed by atoms with Crippen LogP contribution in [-0.2, 0) is 35.9 Å². The van der Waals surface area contributed by atoms with Crippen LogP contribution in [0.1, 0.15) is 141 Å². The zero-order valence-electron chi connectivity index (χ0n) is 63.6. The van der Waals surface area contributed by atoms with Crippen LogP contribution in [0.15, 0.2) is 365 Å². The van der Waals surface area contributed by atoms with Crippen LogP contribution in [-0.4, -0.2) is 0 Å². The molecular weight excluding hydrogens is 1460 g/mol. The molecule has 5 unspecified atom stereocenters. The van der Waals surface area contributed by atoms with E-state index in [2.05, 4.69) is 183 Å². The smallest absolute Gasteiger partial charge is 0.159 e. The van der Waals surface area contributed by atoms with Crippen molar-refractivity contribution in [1.82, 2.24) is 0 Å². The summed E-state index contributed by atoms with van der Waals surface area (Å²) >= 11 is 0. The highest BCUT2D eigenvalue weighted by Gasteiger charge is 2.53. The van der Waals surface area contributed by atoms with E-state index in [0.29, 0.717) is 48.7 Å². The zero-order chi connectivity index (χ0) is 79.3. The zero-order valence-corrected chi connectivity index (χ0v) is 63.6. The summed E-state index contributed by atoms with van der Waals surface area (Å²) in [6, 6.07) is 115. The van der Waals surface area contributed by atoms with Crippen molar-refractivity contribution in [2.24, 2.45) is 0 Å². The van der Waals surface area contributed by atoms with Gasteiger partial charge in [0.1, 0.15) is 36.3 Å². The lowest BCUT2D eigenvalue weighted by molar-refractivity contribution is 0.306. The predicted molar refractivity (Wildman–Crippen MR) is 456 cm³/mol. The van der Waals surface area contributed by atoms with Crippen LogP contribution in [0.3, 0.4) is 0 Å². The Morgan fingerprint density at radius 3 is 0.991 bits per heavy atom. The number of benzene rings is 16. The van der Waals surface area contributed by atoms with Gasteiger partial charge in [-0.05, 0) is 253 Å². The first-order chi connectivity index (χ1) is 57.3. The summed E-state index contributed by atoms with van der Waals surface area (Å²) < 4.78 is 107. The summed E-state index contributed by atoms with van der Waals surface area (Å²) in [5.41, 5.74) is 26.0. The normalized spacial score (nSPS) is 16.5. The molecule has 0 saturated heterocycles. The van der Waals surface area contributed by atoms with Gasteiger partial charge in [0.2, 0.25) is 0 Å². The molecule has 5 atom stereocenters. The average molecular weight is 1530 g/mol. The minimum absolute atomic E-state index is 0.350. The SMILES string of the molecule is C=Cc1ccc(COc2ccc(C3(c4ccc(F)cc4)c4ccccc4-c4ccc(C(CCc5ccc6c(c5)C5(c7ccccc7-6)c6ccccc6-c6ccc(C(c7ccc(F)c(F)c7)c7ccc8c(c7)C(c7ccc(F)cc7)(c7ccc(OCc9ccc(C=C)cc9)cc7)c7ccccc7-8)cc65)c5ccc(F)c(F)c5)cc43)cc2)cc1. The summed E-state index contributed by atoms with van der Waals surface area (Å²) in [6.07, 6.45) is 4.62. The van der Waals surface area contributed by atoms with Crippen molar-refractivity contribution < 1.29 is 35.8 Å². The fourth-order valence-corrected chi connectivity index (χ4v) is 19.8. The molecule has 2 nitrogen and oxygen atoms in total. The van der Waals surface area contributed by atoms with Crippen molar-refractivity contribution in [1.29, 1.82) is 0 Å². The van der Waals surface area contributed by atoms with Crippen LogP contribution < -0.4 is 9.47 Å². The molecule has 20 rings (SSSR count). The topological polar surface area (TPSA) is 18.5 Å². The van der Waals surface area contributed by atoms with Crippen LogP contribution in [0.4, 0.5) is 26.3 Å². The maximum Gasteiger partial charge on any atom is 0.159 e. The third-order valence-corrected chi connectivity index (χ3v) is 25.1. The Hall–Kier alpha value is -13.8. The summed E-state index contributed by atoms with van der Waals surface area (Å²) in [7, 11) is 0. The molecule has 0 bridgehead atoms. The molecule has 16 aromatic carbocycles. The quantitative estimate of drug-likeness (QED) is 0.0559. The standard InChI is InChI=1S/C109H74F6O2/c1-3-67-21-25-70(26-22-67)65-116-83-48-40-79(41-49-83)107(77-36-44-81(110)45-37-77)94-17-9-5-13-86(94)91-54-31-72(60-99(91)107)85(73-34-57-102(112)104(114)63-73)52-29-69-30-53-90-88-15-7-11-19-96(88)109(98(90)59-69)97-20-12-8-16-89(97)93-56-33-75(62-101(93)109)106(76-35-58-103(113)105(115)64-76)74-32-55-92-87-14-6-10-18-95(87)108(100(92)61-74,78-38-46-82(111)47-39-78)80-42-50-84(51-43-80)117-66-71-27-23-68(4-2)24-28-71/h3-28,30-51,53-64,85,106H,1-2,29,52,65-66H2. The van der Waals surface area contributed by atoms with Gasteiger partial charge in [-0.1, -0.05) is 304 Å². The van der Waals surface area contributed by atoms with E-state index in [-0.39, 0.29) is 11.6 Å². The van der Waals surface area contributed by atoms with Crippen LogP contribution in [0.25, 0.3) is 56.7 Å². The number of halogens is 6. The van der Waals surface area contributed by atoms with Crippen molar-refractivity contribution in [3.05, 3.63) is 522 Å². The lowest BCUT2D eigenvalue weighted by Gasteiger charge is -2.34. The van der Waals surface area contributed by atoms with Crippen molar-refractivity contribution in [2.45, 2.75) is 54.1 Å². The van der Waals surface area contributed by atoms with Gasteiger partial charge in [-0.3, -0.25) is 0 Å². The van der Waals surface area contributed by atoms with E-state index in [4.69, 9.17) is 9.47 Å². The minimum atomic E-state index is -1.00. The fraction of sp³-hybridized carbons (Fsp3) is 0.0826. The van der Waals surface area contributed by atoms with Crippen LogP contribution >= 0.6 is 0 Å². The molecule has 0 fully saturated rings. The maximum atomic E-state index is 16.4. The highest BCUT2D eigenvalue weighted by molar-refractivity contribution is 5.96. The molecule has 4 aliphatic carbocycles. The lowest BCUT2D eigenvalue weighted by atomic mass is 9.67. The van der Waals surface area contributed by atoms with Crippen molar-refractivity contribution in [3.8, 4) is 56.0 Å². The molecule has 4 aliphatic rings. The number of rotatable bonds is 20. The second-order valence-corrected chi connectivity index (χ2v) is 31.1. The molecule has 564 valence electrons. The predicted octanol–water partition coefficient (Wildman–Crippen LogP) is 27.0. The van der Waals surface area contributed by atoms with Crippen molar-refractivity contribution >= 4 is 12.2 Å². The van der Waals surface area contributed by atoms with Crippen molar-refractivity contribution in [2.75, 3.05) is 0 Å². The summed E-state index contributed by atoms with van der Waals surface area (Å²) in [4.78, 5) is 0. The van der Waals surface area contributed by atoms with E-state index in [1.807, 2.05) is 133 Å². The van der Waals surface area contributed by atoms with E-state index in [1.54, 1.807) is 12.1 Å². The second kappa shape index (κ2) is 28.9. The number of aryl methyl sites for hydroxylation is 1. The van der Waals surface area contributed by atoms with Gasteiger partial charge < -0.3 is 9.47 Å². The highest BCUT2D eigenvalue weighted by Crippen LogP contribution is 2.65. The third-order valence-electron chi connectivity index (χ3n) is 25.1. The van der Waals surface area contributed by atoms with Gasteiger partial charge in [0.25, 0.3) is 0 Å². The molecule has 8 heteroatoms. The Kier molecular flexibility index (Phi) is 17.8. The number of fused-ring (bicyclic) bond motifs is 16. The van der Waals surface area contributed by atoms with Gasteiger partial charge in [0.15, 0.2) is 23.3 Å². The summed E-state index contributed by atoms with van der Waals surface area (Å²) in [5, 5.41) is 0. The molecule has 0 aliphatic heterocycles. The number of hydrogen-bond acceptors (Lipinski definition) is 2. The average Bonchev–Trinajstić information content (AvgIpc) is 1.52. The van der Waals surface area contributed by atoms with Crippen molar-refractivity contribution in [3.63, 3.8) is 0 Å². The van der Waals surface area contributed by atoms with Gasteiger partial charge in [-0.25, -0.2) is 26.3 Å². The number of ether oxygens (including phenoxy) is 2. The van der Waals surface area contributed by atoms with E-state index in [9.17, 15) is 0 Å². The lowest BCUT2D eigenvalue weighted by Crippen LogP contribution is -2.29. The van der Waals surface area contributed by atoms with E-state index in [0.717, 1.165) is 156 Å². The summed E-state index contributed by atoms with van der Waals surface area (Å²) in [5.74, 6) is -4.34. The Morgan fingerprint density at radius 1 is 0.265 bits per heavy atom. The largest absolute Gasteiger partial charge is 0.489 e. The van der Waals surface area contributed by atoms with Crippen LogP contribution in [0, 0.1) is 34.9 Å². The molecular formula is C109H74F6O2. The van der Waals surface area contributed by atoms with E-state index in [1.165, 1.54) is 48.5 Å². The van der Waals surface area contributed by atoms with Gasteiger partial charge >= 0.3 is 0 Å². The van der Waals surface area contributed by atoms with Crippen LogP contribution in [0.5, 0.6) is 11.5 Å². The van der Waals surface area contributed by atoms with E-state index < -0.39 is 51.3 Å². The Morgan fingerprint density at radius 2 is 0.573 bits per heavy atom. The second-order valence-electron chi connectivity index (χ2n) is 31.1. The Bertz CT molecular complexity index is 6620. The molecule has 0 saturated carbocycles. The Balaban J connectivity index is 0.706. The molecule has 0 aromatic heterocycles. The maximum absolute atomic E-state index is 16.4. The molecule has 0 amide bonds. The van der Waals surface area contributed by atoms with Gasteiger partial charge in [-0.2, -0.15) is 0 Å². The molecule has 1 spiro atoms. The molecule has 0 N–H and O–H groups in total. The van der Waals surface area contributed by atoms with Crippen LogP contribution in [0.2, 0.25) is 0 Å². The Labute approximate surface area is 676 Å². The molecule has 117 heavy (non-hydrogen) atoms. The van der Waals surface area contributed by atoms with Gasteiger partial charge in [-0.15, -0.1) is 0 Å². The molecule has 16 aromatic rings. The molecule has 0 radical (unpaired) electrons. The van der Waals surface area contributed by atoms with Gasteiger partial charge in [0, 0.05) is 11.8 Å². The first-order valence-corrected chi connectivity index (χ1v) is 39.6. The third kappa shape index (κ3) is 11.8. The minimum Gasteiger partial charge on any atom is -0.489 e. The molecule has 0 heterocycles. The first-order valence-electron chi connectivity index (χ1n) is 39.6. The fourth-order valence-electron chi connectivity index (χ4n) is 19.8. The van der Waals surface area contributed by atoms with Gasteiger partial charge in [0.05, 0.1) is 16.2 Å². The first kappa shape index (κ1) is 72.2. The monoisotopic (exact) mass is 1530 g/mol. The van der Waals surface area contributed by atoms with E-state index >= 15 is 26.3 Å². The highest BCUT2D eigenvalue weighted by atomic mass is 19.2. The number of hydrogen-bond donors (Lipinski definition) is 0.